The van der Waals surface area contributed by atoms with Gasteiger partial charge in [0.15, 0.2) is 0 Å². The predicted octanol–water partition coefficient (Wildman–Crippen LogP) is 2.33. The maximum absolute atomic E-state index is 13.6. The normalized spacial score (nSPS) is 18.6. The molecule has 1 aliphatic rings. The summed E-state index contributed by atoms with van der Waals surface area (Å²) in [6, 6.07) is 6.99. The van der Waals surface area contributed by atoms with E-state index >= 15 is 0 Å². The van der Waals surface area contributed by atoms with Gasteiger partial charge in [-0.15, -0.1) is 0 Å². The van der Waals surface area contributed by atoms with Crippen molar-refractivity contribution in [2.45, 2.75) is 18.9 Å². The molecule has 3 nitrogen and oxygen atoms in total. The number of fused-ring (bicyclic) bond motifs is 1. The number of halogens is 1. The molecule has 84 valence electrons. The minimum absolute atomic E-state index is 0.0732. The molecule has 0 saturated heterocycles. The first kappa shape index (κ1) is 10.7. The number of hydrogen-bond acceptors (Lipinski definition) is 3. The summed E-state index contributed by atoms with van der Waals surface area (Å²) in [7, 11) is 1.84. The van der Waals surface area contributed by atoms with E-state index < -0.39 is 0 Å². The zero-order chi connectivity index (χ0) is 11.5. The van der Waals surface area contributed by atoms with Crippen molar-refractivity contribution in [2.75, 3.05) is 18.6 Å². The first-order chi connectivity index (χ1) is 7.74. The lowest BCUT2D eigenvalue weighted by Crippen LogP contribution is -2.40. The minimum Gasteiger partial charge on any atom is -0.489 e. The van der Waals surface area contributed by atoms with Crippen LogP contribution in [-0.2, 0) is 0 Å². The Bertz CT molecular complexity index is 428. The third-order valence-corrected chi connectivity index (χ3v) is 2.87. The molecule has 4 heteroatoms. The van der Waals surface area contributed by atoms with Gasteiger partial charge in [0.2, 0.25) is 0 Å². The minimum atomic E-state index is -0.276. The van der Waals surface area contributed by atoms with Gasteiger partial charge in [-0.2, -0.15) is 5.26 Å². The number of rotatable bonds is 2. The molecule has 1 aliphatic heterocycles. The van der Waals surface area contributed by atoms with E-state index in [0.29, 0.717) is 30.9 Å². The van der Waals surface area contributed by atoms with E-state index in [-0.39, 0.29) is 11.9 Å². The molecule has 1 unspecified atom stereocenters. The highest BCUT2D eigenvalue weighted by Gasteiger charge is 2.26. The first-order valence-corrected chi connectivity index (χ1v) is 5.25. The fourth-order valence-electron chi connectivity index (χ4n) is 1.94. The molecule has 0 aliphatic carbocycles. The van der Waals surface area contributed by atoms with E-state index in [1.807, 2.05) is 11.9 Å². The van der Waals surface area contributed by atoms with Crippen molar-refractivity contribution >= 4 is 5.69 Å². The lowest BCUT2D eigenvalue weighted by Gasteiger charge is -2.35. The highest BCUT2D eigenvalue weighted by molar-refractivity contribution is 5.61. The summed E-state index contributed by atoms with van der Waals surface area (Å²) in [5.41, 5.74) is 0.497. The topological polar surface area (TPSA) is 36.3 Å². The van der Waals surface area contributed by atoms with Crippen molar-refractivity contribution in [3.63, 3.8) is 0 Å². The smallest absolute Gasteiger partial charge is 0.150 e. The van der Waals surface area contributed by atoms with Crippen LogP contribution in [0.2, 0.25) is 0 Å². The Morgan fingerprint density at radius 2 is 2.44 bits per heavy atom. The van der Waals surface area contributed by atoms with Gasteiger partial charge < -0.3 is 9.64 Å². The second-order valence-corrected chi connectivity index (χ2v) is 3.86. The lowest BCUT2D eigenvalue weighted by atomic mass is 10.1. The van der Waals surface area contributed by atoms with Crippen LogP contribution in [0.3, 0.4) is 0 Å². The van der Waals surface area contributed by atoms with Crippen LogP contribution in [0.25, 0.3) is 0 Å². The Morgan fingerprint density at radius 3 is 3.19 bits per heavy atom. The van der Waals surface area contributed by atoms with Crippen LogP contribution in [0, 0.1) is 17.1 Å². The summed E-state index contributed by atoms with van der Waals surface area (Å²) < 4.78 is 19.1. The van der Waals surface area contributed by atoms with Gasteiger partial charge in [-0.05, 0) is 18.6 Å². The molecule has 1 aromatic rings. The third kappa shape index (κ3) is 1.81. The van der Waals surface area contributed by atoms with Gasteiger partial charge in [0.25, 0.3) is 0 Å². The Hall–Kier alpha value is -1.76. The molecule has 16 heavy (non-hydrogen) atoms. The van der Waals surface area contributed by atoms with Crippen LogP contribution in [0.5, 0.6) is 5.75 Å². The average molecular weight is 220 g/mol. The van der Waals surface area contributed by atoms with Crippen LogP contribution >= 0.6 is 0 Å². The number of nitriles is 1. The molecule has 1 atom stereocenters. The maximum Gasteiger partial charge on any atom is 0.150 e. The lowest BCUT2D eigenvalue weighted by molar-refractivity contribution is 0.258. The van der Waals surface area contributed by atoms with Gasteiger partial charge in [0.05, 0.1) is 12.1 Å². The Morgan fingerprint density at radius 1 is 1.62 bits per heavy atom. The van der Waals surface area contributed by atoms with Gasteiger partial charge in [0.1, 0.15) is 23.9 Å². The number of likely N-dealkylation sites (N-methyl/N-ethyl adjacent to an activating group) is 1. The monoisotopic (exact) mass is 220 g/mol. The molecule has 0 radical (unpaired) electrons. The molecule has 0 saturated carbocycles. The number of ether oxygens (including phenoxy) is 1. The van der Waals surface area contributed by atoms with Crippen LogP contribution in [0.15, 0.2) is 18.2 Å². The molecule has 0 N–H and O–H groups in total. The zero-order valence-electron chi connectivity index (χ0n) is 9.11. The number of para-hydroxylation sites is 1. The summed E-state index contributed by atoms with van der Waals surface area (Å²) in [5.74, 6) is 0.303. The molecule has 0 spiro atoms. The number of anilines is 1. The van der Waals surface area contributed by atoms with Gasteiger partial charge in [-0.25, -0.2) is 4.39 Å². The second kappa shape index (κ2) is 4.40. The van der Waals surface area contributed by atoms with E-state index in [1.54, 1.807) is 12.1 Å². The number of nitrogens with zero attached hydrogens (tertiary/aromatic N) is 2. The summed E-state index contributed by atoms with van der Waals surface area (Å²) >= 11 is 0. The average Bonchev–Trinajstić information content (AvgIpc) is 2.28. The highest BCUT2D eigenvalue weighted by Crippen LogP contribution is 2.35. The molecular formula is C12H13FN2O. The summed E-state index contributed by atoms with van der Waals surface area (Å²) in [5, 5.41) is 8.55. The Kier molecular flexibility index (Phi) is 2.95. The molecule has 0 bridgehead atoms. The Labute approximate surface area is 94.0 Å². The van der Waals surface area contributed by atoms with Crippen LogP contribution in [0.1, 0.15) is 12.8 Å². The maximum atomic E-state index is 13.6. The van der Waals surface area contributed by atoms with E-state index in [0.717, 1.165) is 0 Å². The van der Waals surface area contributed by atoms with Gasteiger partial charge in [-0.1, -0.05) is 6.07 Å². The van der Waals surface area contributed by atoms with Crippen molar-refractivity contribution < 1.29 is 9.13 Å². The highest BCUT2D eigenvalue weighted by atomic mass is 19.1. The van der Waals surface area contributed by atoms with Crippen molar-refractivity contribution in [2.24, 2.45) is 0 Å². The number of hydrogen-bond donors (Lipinski definition) is 0. The fourth-order valence-corrected chi connectivity index (χ4v) is 1.94. The van der Waals surface area contributed by atoms with Crippen molar-refractivity contribution in [3.05, 3.63) is 24.0 Å². The predicted molar refractivity (Wildman–Crippen MR) is 58.9 cm³/mol. The van der Waals surface area contributed by atoms with E-state index in [9.17, 15) is 4.39 Å². The van der Waals surface area contributed by atoms with E-state index in [2.05, 4.69) is 6.07 Å². The van der Waals surface area contributed by atoms with Crippen molar-refractivity contribution in [1.29, 1.82) is 5.26 Å². The molecule has 2 rings (SSSR count). The number of benzene rings is 1. The fraction of sp³-hybridized carbons (Fsp3) is 0.417. The molecule has 0 amide bonds. The van der Waals surface area contributed by atoms with Crippen LogP contribution in [0.4, 0.5) is 10.1 Å². The first-order valence-electron chi connectivity index (χ1n) is 5.25. The standard InChI is InChI=1S/C12H13FN2O/c1-15-9(4-3-7-14)8-16-11-6-2-5-10(13)12(11)15/h2,5-6,9H,3-4,8H2,1H3. The van der Waals surface area contributed by atoms with Crippen molar-refractivity contribution in [1.82, 2.24) is 0 Å². The SMILES string of the molecule is CN1c2c(F)cccc2OCC1CCC#N. The van der Waals surface area contributed by atoms with E-state index in [4.69, 9.17) is 10.00 Å². The second-order valence-electron chi connectivity index (χ2n) is 3.86. The molecular weight excluding hydrogens is 207 g/mol. The third-order valence-electron chi connectivity index (χ3n) is 2.87. The molecule has 0 fully saturated rings. The van der Waals surface area contributed by atoms with Crippen molar-refractivity contribution in [3.8, 4) is 11.8 Å². The summed E-state index contributed by atoms with van der Waals surface area (Å²) in [6.07, 6.45) is 1.16. The van der Waals surface area contributed by atoms with Gasteiger partial charge >= 0.3 is 0 Å². The Balaban J connectivity index is 2.24. The molecule has 1 heterocycles. The molecule has 0 aromatic heterocycles. The largest absolute Gasteiger partial charge is 0.489 e. The summed E-state index contributed by atoms with van der Waals surface area (Å²) in [6.45, 7) is 0.509. The van der Waals surface area contributed by atoms with Gasteiger partial charge in [0, 0.05) is 13.5 Å². The quantitative estimate of drug-likeness (QED) is 0.767. The van der Waals surface area contributed by atoms with Crippen LogP contribution in [-0.4, -0.2) is 19.7 Å². The molecule has 1 aromatic carbocycles. The van der Waals surface area contributed by atoms with E-state index in [1.165, 1.54) is 6.07 Å². The zero-order valence-corrected chi connectivity index (χ0v) is 9.11. The van der Waals surface area contributed by atoms with Gasteiger partial charge in [-0.3, -0.25) is 0 Å². The summed E-state index contributed by atoms with van der Waals surface area (Å²) in [4.78, 5) is 1.87. The van der Waals surface area contributed by atoms with Crippen LogP contribution < -0.4 is 9.64 Å².